The molecule has 1 aromatic heterocycles. The highest BCUT2D eigenvalue weighted by Crippen LogP contribution is 2.29. The fourth-order valence-corrected chi connectivity index (χ4v) is 4.17. The number of thiazole rings is 1. The maximum Gasteiger partial charge on any atom is 0.237 e. The van der Waals surface area contributed by atoms with Crippen LogP contribution in [0, 0.1) is 0 Å². The highest BCUT2D eigenvalue weighted by Gasteiger charge is 2.15. The van der Waals surface area contributed by atoms with Crippen LogP contribution in [0.25, 0.3) is 10.2 Å². The Morgan fingerprint density at radius 2 is 1.86 bits per heavy atom. The SMILES string of the molecule is CCN(C(=O)CSc1nc2ccccc2s1)c1ccccc1. The molecule has 0 radical (unpaired) electrons. The van der Waals surface area contributed by atoms with E-state index in [1.165, 1.54) is 11.8 Å². The lowest BCUT2D eigenvalue weighted by Gasteiger charge is -2.20. The zero-order chi connectivity index (χ0) is 15.4. The van der Waals surface area contributed by atoms with Gasteiger partial charge in [-0.2, -0.15) is 0 Å². The molecule has 0 fully saturated rings. The maximum atomic E-state index is 12.4. The third-order valence-corrected chi connectivity index (χ3v) is 5.44. The van der Waals surface area contributed by atoms with E-state index in [9.17, 15) is 4.79 Å². The molecule has 1 heterocycles. The average molecular weight is 328 g/mol. The fraction of sp³-hybridized carbons (Fsp3) is 0.176. The van der Waals surface area contributed by atoms with Crippen LogP contribution in [-0.2, 0) is 4.79 Å². The van der Waals surface area contributed by atoms with Gasteiger partial charge in [0, 0.05) is 12.2 Å². The minimum atomic E-state index is 0.109. The first-order valence-electron chi connectivity index (χ1n) is 7.11. The molecular weight excluding hydrogens is 312 g/mol. The molecular formula is C17H16N2OS2. The van der Waals surface area contributed by atoms with Gasteiger partial charge in [0.1, 0.15) is 0 Å². The van der Waals surface area contributed by atoms with Crippen LogP contribution in [0.2, 0.25) is 0 Å². The molecule has 0 bridgehead atoms. The summed E-state index contributed by atoms with van der Waals surface area (Å²) in [7, 11) is 0. The van der Waals surface area contributed by atoms with Crippen molar-refractivity contribution in [3.05, 3.63) is 54.6 Å². The van der Waals surface area contributed by atoms with Crippen molar-refractivity contribution in [2.45, 2.75) is 11.3 Å². The first-order chi connectivity index (χ1) is 10.8. The van der Waals surface area contributed by atoms with Crippen LogP contribution < -0.4 is 4.90 Å². The molecule has 0 unspecified atom stereocenters. The summed E-state index contributed by atoms with van der Waals surface area (Å²) in [6, 6.07) is 17.8. The summed E-state index contributed by atoms with van der Waals surface area (Å²) < 4.78 is 2.10. The predicted octanol–water partition coefficient (Wildman–Crippen LogP) is 4.44. The van der Waals surface area contributed by atoms with E-state index in [4.69, 9.17) is 0 Å². The molecule has 112 valence electrons. The molecule has 22 heavy (non-hydrogen) atoms. The van der Waals surface area contributed by atoms with Gasteiger partial charge in [0.2, 0.25) is 5.91 Å². The number of nitrogens with zero attached hydrogens (tertiary/aromatic N) is 2. The van der Waals surface area contributed by atoms with Crippen LogP contribution in [0.4, 0.5) is 5.69 Å². The smallest absolute Gasteiger partial charge is 0.237 e. The molecule has 3 rings (SSSR count). The van der Waals surface area contributed by atoms with Gasteiger partial charge in [-0.05, 0) is 31.2 Å². The number of rotatable bonds is 5. The van der Waals surface area contributed by atoms with Gasteiger partial charge in [0.15, 0.2) is 4.34 Å². The van der Waals surface area contributed by atoms with Crippen LogP contribution in [0.15, 0.2) is 58.9 Å². The lowest BCUT2D eigenvalue weighted by molar-refractivity contribution is -0.116. The Kier molecular flexibility index (Phi) is 4.75. The first-order valence-corrected chi connectivity index (χ1v) is 8.92. The van der Waals surface area contributed by atoms with Gasteiger partial charge < -0.3 is 4.90 Å². The van der Waals surface area contributed by atoms with Gasteiger partial charge in [-0.25, -0.2) is 4.98 Å². The first kappa shape index (κ1) is 15.1. The second-order valence-corrected chi connectivity index (χ2v) is 6.96. The second kappa shape index (κ2) is 6.94. The van der Waals surface area contributed by atoms with Crippen molar-refractivity contribution in [3.63, 3.8) is 0 Å². The second-order valence-electron chi connectivity index (χ2n) is 4.71. The van der Waals surface area contributed by atoms with E-state index >= 15 is 0 Å². The van der Waals surface area contributed by atoms with Crippen molar-refractivity contribution in [1.29, 1.82) is 0 Å². The van der Waals surface area contributed by atoms with Gasteiger partial charge in [-0.1, -0.05) is 42.1 Å². The molecule has 0 aliphatic carbocycles. The summed E-state index contributed by atoms with van der Waals surface area (Å²) in [5.41, 5.74) is 1.94. The zero-order valence-electron chi connectivity index (χ0n) is 12.2. The Bertz CT molecular complexity index is 737. The summed E-state index contributed by atoms with van der Waals surface area (Å²) in [6.07, 6.45) is 0. The van der Waals surface area contributed by atoms with Crippen molar-refractivity contribution in [3.8, 4) is 0 Å². The van der Waals surface area contributed by atoms with Gasteiger partial charge >= 0.3 is 0 Å². The average Bonchev–Trinajstić information content (AvgIpc) is 2.97. The van der Waals surface area contributed by atoms with E-state index in [1.807, 2.05) is 55.5 Å². The fourth-order valence-electron chi connectivity index (χ4n) is 2.23. The van der Waals surface area contributed by atoms with E-state index in [-0.39, 0.29) is 5.91 Å². The maximum absolute atomic E-state index is 12.4. The third kappa shape index (κ3) is 3.31. The molecule has 3 nitrogen and oxygen atoms in total. The molecule has 0 saturated carbocycles. The van der Waals surface area contributed by atoms with E-state index in [2.05, 4.69) is 11.1 Å². The van der Waals surface area contributed by atoms with Crippen molar-refractivity contribution in [1.82, 2.24) is 4.98 Å². The Morgan fingerprint density at radius 3 is 2.59 bits per heavy atom. The van der Waals surface area contributed by atoms with Gasteiger partial charge in [0.05, 0.1) is 16.0 Å². The normalized spacial score (nSPS) is 10.8. The Labute approximate surface area is 138 Å². The third-order valence-electron chi connectivity index (χ3n) is 3.28. The summed E-state index contributed by atoms with van der Waals surface area (Å²) in [5.74, 6) is 0.515. The van der Waals surface area contributed by atoms with E-state index in [0.29, 0.717) is 12.3 Å². The Hall–Kier alpha value is -1.85. The Balaban J connectivity index is 1.68. The number of para-hydroxylation sites is 2. The predicted molar refractivity (Wildman–Crippen MR) is 94.8 cm³/mol. The van der Waals surface area contributed by atoms with Crippen LogP contribution in [-0.4, -0.2) is 23.2 Å². The molecule has 0 saturated heterocycles. The largest absolute Gasteiger partial charge is 0.312 e. The van der Waals surface area contributed by atoms with Crippen molar-refractivity contribution >= 4 is 44.9 Å². The molecule has 0 N–H and O–H groups in total. The summed E-state index contributed by atoms with van der Waals surface area (Å²) >= 11 is 3.14. The molecule has 0 aliphatic heterocycles. The highest BCUT2D eigenvalue weighted by molar-refractivity contribution is 8.01. The summed E-state index contributed by atoms with van der Waals surface area (Å²) in [4.78, 5) is 18.8. The quantitative estimate of drug-likeness (QED) is 0.649. The zero-order valence-corrected chi connectivity index (χ0v) is 13.9. The molecule has 0 atom stereocenters. The van der Waals surface area contributed by atoms with Gasteiger partial charge in [0.25, 0.3) is 0 Å². The number of aromatic nitrogens is 1. The molecule has 2 aromatic carbocycles. The number of benzene rings is 2. The standard InChI is InChI=1S/C17H16N2OS2/c1-2-19(13-8-4-3-5-9-13)16(20)12-21-17-18-14-10-6-7-11-15(14)22-17/h3-11H,2,12H2,1H3. The summed E-state index contributed by atoms with van der Waals surface area (Å²) in [5, 5.41) is 0. The van der Waals surface area contributed by atoms with Crippen LogP contribution in [0.3, 0.4) is 0 Å². The van der Waals surface area contributed by atoms with Crippen LogP contribution >= 0.6 is 23.1 Å². The molecule has 5 heteroatoms. The number of anilines is 1. The van der Waals surface area contributed by atoms with Crippen molar-refractivity contribution in [2.75, 3.05) is 17.2 Å². The molecule has 1 amide bonds. The van der Waals surface area contributed by atoms with Gasteiger partial charge in [-0.15, -0.1) is 11.3 Å². The number of amides is 1. The summed E-state index contributed by atoms with van der Waals surface area (Å²) in [6.45, 7) is 2.66. The minimum absolute atomic E-state index is 0.109. The van der Waals surface area contributed by atoms with Crippen LogP contribution in [0.5, 0.6) is 0 Å². The number of fused-ring (bicyclic) bond motifs is 1. The number of carbonyl (C=O) groups excluding carboxylic acids is 1. The van der Waals surface area contributed by atoms with E-state index < -0.39 is 0 Å². The lowest BCUT2D eigenvalue weighted by atomic mass is 10.3. The monoisotopic (exact) mass is 328 g/mol. The number of thioether (sulfide) groups is 1. The van der Waals surface area contributed by atoms with Crippen molar-refractivity contribution < 1.29 is 4.79 Å². The number of carbonyl (C=O) groups is 1. The number of hydrogen-bond donors (Lipinski definition) is 0. The molecule has 0 spiro atoms. The van der Waals surface area contributed by atoms with E-state index in [1.54, 1.807) is 16.2 Å². The van der Waals surface area contributed by atoms with E-state index in [0.717, 1.165) is 20.2 Å². The number of hydrogen-bond acceptors (Lipinski definition) is 4. The minimum Gasteiger partial charge on any atom is -0.312 e. The molecule has 3 aromatic rings. The molecule has 0 aliphatic rings. The van der Waals surface area contributed by atoms with Crippen molar-refractivity contribution in [2.24, 2.45) is 0 Å². The highest BCUT2D eigenvalue weighted by atomic mass is 32.2. The Morgan fingerprint density at radius 1 is 1.14 bits per heavy atom. The van der Waals surface area contributed by atoms with Crippen LogP contribution in [0.1, 0.15) is 6.92 Å². The topological polar surface area (TPSA) is 33.2 Å². The lowest BCUT2D eigenvalue weighted by Crippen LogP contribution is -2.32. The van der Waals surface area contributed by atoms with Gasteiger partial charge in [-0.3, -0.25) is 4.79 Å².